The Kier molecular flexibility index (Phi) is 6.46. The van der Waals surface area contributed by atoms with E-state index in [9.17, 15) is 0 Å². The van der Waals surface area contributed by atoms with Crippen molar-refractivity contribution >= 4 is 46.4 Å². The van der Waals surface area contributed by atoms with Crippen molar-refractivity contribution in [3.63, 3.8) is 0 Å². The predicted octanol–water partition coefficient (Wildman–Crippen LogP) is 5.47. The molecule has 0 spiro atoms. The normalized spacial score (nSPS) is 10.7. The van der Waals surface area contributed by atoms with Crippen LogP contribution in [0.3, 0.4) is 0 Å². The van der Waals surface area contributed by atoms with Gasteiger partial charge in [0.25, 0.3) is 0 Å². The quantitative estimate of drug-likeness (QED) is 0.686. The molecule has 0 radical (unpaired) electrons. The van der Waals surface area contributed by atoms with Gasteiger partial charge in [0.05, 0.1) is 20.1 Å². The van der Waals surface area contributed by atoms with Crippen molar-refractivity contribution in [3.05, 3.63) is 62.1 Å². The highest BCUT2D eigenvalue weighted by atomic mass is 35.5. The lowest BCUT2D eigenvalue weighted by Crippen LogP contribution is -2.20. The largest absolute Gasteiger partial charge is 0.492 e. The Morgan fingerprint density at radius 2 is 1.48 bits per heavy atom. The zero-order chi connectivity index (χ0) is 15.2. The van der Waals surface area contributed by atoms with Gasteiger partial charge in [0, 0.05) is 19.2 Å². The van der Waals surface area contributed by atoms with E-state index in [0.29, 0.717) is 45.5 Å². The number of benzene rings is 2. The number of halogens is 4. The van der Waals surface area contributed by atoms with Crippen molar-refractivity contribution in [1.29, 1.82) is 0 Å². The summed E-state index contributed by atoms with van der Waals surface area (Å²) in [5.74, 6) is 0.695. The molecule has 1 N–H and O–H groups in total. The van der Waals surface area contributed by atoms with Crippen molar-refractivity contribution in [2.75, 3.05) is 13.2 Å². The molecule has 2 aromatic rings. The van der Waals surface area contributed by atoms with E-state index in [-0.39, 0.29) is 0 Å². The zero-order valence-corrected chi connectivity index (χ0v) is 14.0. The maximum absolute atomic E-state index is 5.95. The Bertz CT molecular complexity index is 565. The van der Waals surface area contributed by atoms with Gasteiger partial charge in [-0.25, -0.2) is 0 Å². The van der Waals surface area contributed by atoms with E-state index >= 15 is 0 Å². The molecule has 0 saturated carbocycles. The first-order chi connectivity index (χ1) is 10.1. The molecule has 2 rings (SSSR count). The van der Waals surface area contributed by atoms with Gasteiger partial charge in [0.15, 0.2) is 0 Å². The second-order valence-electron chi connectivity index (χ2n) is 4.35. The van der Waals surface area contributed by atoms with E-state index in [1.54, 1.807) is 24.3 Å². The number of rotatable bonds is 6. The standard InChI is InChI=1S/C15H13Cl4NO/c16-12-3-1-10(7-14(12)18)9-20-5-6-21-11-2-4-13(17)15(19)8-11/h1-4,7-8,20H,5-6,9H2. The molecule has 0 aliphatic rings. The fourth-order valence-corrected chi connectivity index (χ4v) is 2.30. The van der Waals surface area contributed by atoms with Crippen LogP contribution >= 0.6 is 46.4 Å². The Hall–Kier alpha value is -0.640. The number of hydrogen-bond donors (Lipinski definition) is 1. The van der Waals surface area contributed by atoms with Crippen LogP contribution in [0.4, 0.5) is 0 Å². The predicted molar refractivity (Wildman–Crippen MR) is 90.1 cm³/mol. The average molecular weight is 365 g/mol. The first-order valence-corrected chi connectivity index (χ1v) is 7.80. The van der Waals surface area contributed by atoms with E-state index in [1.807, 2.05) is 12.1 Å². The molecule has 0 aromatic heterocycles. The number of nitrogens with one attached hydrogen (secondary N) is 1. The Labute approximate surface area is 143 Å². The van der Waals surface area contributed by atoms with Crippen molar-refractivity contribution < 1.29 is 4.74 Å². The zero-order valence-electron chi connectivity index (χ0n) is 11.0. The minimum absolute atomic E-state index is 0.484. The number of hydrogen-bond acceptors (Lipinski definition) is 2. The SMILES string of the molecule is Clc1ccc(CNCCOc2ccc(Cl)c(Cl)c2)cc1Cl. The summed E-state index contributed by atoms with van der Waals surface area (Å²) in [6.45, 7) is 1.92. The lowest BCUT2D eigenvalue weighted by Gasteiger charge is -2.09. The molecule has 0 fully saturated rings. The van der Waals surface area contributed by atoms with E-state index in [4.69, 9.17) is 51.1 Å². The molecule has 0 aliphatic carbocycles. The summed E-state index contributed by atoms with van der Waals surface area (Å²) >= 11 is 23.6. The van der Waals surface area contributed by atoms with E-state index in [1.165, 1.54) is 0 Å². The molecule has 0 saturated heterocycles. The topological polar surface area (TPSA) is 21.3 Å². The van der Waals surface area contributed by atoms with Crippen LogP contribution in [0.25, 0.3) is 0 Å². The summed E-state index contributed by atoms with van der Waals surface area (Å²) in [7, 11) is 0. The van der Waals surface area contributed by atoms with Gasteiger partial charge in [-0.3, -0.25) is 0 Å². The molecule has 112 valence electrons. The van der Waals surface area contributed by atoms with Gasteiger partial charge in [0.1, 0.15) is 12.4 Å². The molecule has 0 bridgehead atoms. The summed E-state index contributed by atoms with van der Waals surface area (Å²) in [6.07, 6.45) is 0. The second kappa shape index (κ2) is 8.11. The molecule has 0 aliphatic heterocycles. The van der Waals surface area contributed by atoms with Gasteiger partial charge in [-0.1, -0.05) is 52.5 Å². The van der Waals surface area contributed by atoms with Crippen LogP contribution in [0.2, 0.25) is 20.1 Å². The fraction of sp³-hybridized carbons (Fsp3) is 0.200. The summed E-state index contributed by atoms with van der Waals surface area (Å²) in [5.41, 5.74) is 1.07. The molecule has 0 unspecified atom stereocenters. The fourth-order valence-electron chi connectivity index (χ4n) is 1.69. The lowest BCUT2D eigenvalue weighted by molar-refractivity contribution is 0.313. The van der Waals surface area contributed by atoms with Gasteiger partial charge >= 0.3 is 0 Å². The summed E-state index contributed by atoms with van der Waals surface area (Å²) in [6, 6.07) is 10.8. The summed E-state index contributed by atoms with van der Waals surface area (Å²) in [5, 5.41) is 5.38. The molecule has 21 heavy (non-hydrogen) atoms. The molecule has 0 atom stereocenters. The summed E-state index contributed by atoms with van der Waals surface area (Å²) in [4.78, 5) is 0. The van der Waals surface area contributed by atoms with Gasteiger partial charge in [-0.15, -0.1) is 0 Å². The first kappa shape index (κ1) is 16.7. The Balaban J connectivity index is 1.72. The highest BCUT2D eigenvalue weighted by Crippen LogP contribution is 2.26. The van der Waals surface area contributed by atoms with Crippen LogP contribution in [-0.4, -0.2) is 13.2 Å². The van der Waals surface area contributed by atoms with Crippen LogP contribution < -0.4 is 10.1 Å². The molecule has 2 nitrogen and oxygen atoms in total. The molecular formula is C15H13Cl4NO. The van der Waals surface area contributed by atoms with Crippen molar-refractivity contribution in [3.8, 4) is 5.75 Å². The molecule has 6 heteroatoms. The van der Waals surface area contributed by atoms with E-state index in [2.05, 4.69) is 5.32 Å². The van der Waals surface area contributed by atoms with E-state index < -0.39 is 0 Å². The summed E-state index contributed by atoms with van der Waals surface area (Å²) < 4.78 is 5.57. The van der Waals surface area contributed by atoms with Crippen LogP contribution in [0.15, 0.2) is 36.4 Å². The lowest BCUT2D eigenvalue weighted by atomic mass is 10.2. The van der Waals surface area contributed by atoms with Crippen LogP contribution in [0, 0.1) is 0 Å². The smallest absolute Gasteiger partial charge is 0.120 e. The van der Waals surface area contributed by atoms with Crippen LogP contribution in [-0.2, 0) is 6.54 Å². The van der Waals surface area contributed by atoms with Gasteiger partial charge in [-0.2, -0.15) is 0 Å². The minimum atomic E-state index is 0.484. The third-order valence-corrected chi connectivity index (χ3v) is 4.23. The maximum atomic E-state index is 5.95. The average Bonchev–Trinajstić information content (AvgIpc) is 2.46. The van der Waals surface area contributed by atoms with Crippen LogP contribution in [0.5, 0.6) is 5.75 Å². The molecule has 0 amide bonds. The van der Waals surface area contributed by atoms with Gasteiger partial charge in [0.2, 0.25) is 0 Å². The molecular weight excluding hydrogens is 352 g/mol. The highest BCUT2D eigenvalue weighted by Gasteiger charge is 2.01. The van der Waals surface area contributed by atoms with Crippen molar-refractivity contribution in [2.24, 2.45) is 0 Å². The first-order valence-electron chi connectivity index (χ1n) is 6.29. The minimum Gasteiger partial charge on any atom is -0.492 e. The molecule has 0 heterocycles. The molecule has 2 aromatic carbocycles. The number of ether oxygens (including phenoxy) is 1. The third-order valence-electron chi connectivity index (χ3n) is 2.75. The Morgan fingerprint density at radius 3 is 2.14 bits per heavy atom. The van der Waals surface area contributed by atoms with Gasteiger partial charge in [-0.05, 0) is 29.8 Å². The monoisotopic (exact) mass is 363 g/mol. The highest BCUT2D eigenvalue weighted by molar-refractivity contribution is 6.42. The van der Waals surface area contributed by atoms with Gasteiger partial charge < -0.3 is 10.1 Å². The van der Waals surface area contributed by atoms with E-state index in [0.717, 1.165) is 5.56 Å². The Morgan fingerprint density at radius 1 is 0.810 bits per heavy atom. The van der Waals surface area contributed by atoms with Crippen molar-refractivity contribution in [1.82, 2.24) is 5.32 Å². The second-order valence-corrected chi connectivity index (χ2v) is 5.98. The van der Waals surface area contributed by atoms with Crippen LogP contribution in [0.1, 0.15) is 5.56 Å². The maximum Gasteiger partial charge on any atom is 0.120 e. The van der Waals surface area contributed by atoms with Crippen molar-refractivity contribution in [2.45, 2.75) is 6.54 Å². The third kappa shape index (κ3) is 5.24.